The minimum Gasteiger partial charge on any atom is -0.438 e. The number of pyridine rings is 1. The summed E-state index contributed by atoms with van der Waals surface area (Å²) in [6, 6.07) is 58.3. The SMILES string of the molecule is c1ccc(-c2cc(-c3ccccc3)nc(-c3ccc(-c4nc5oc6ccccc6c5c5c6ccccc6n(-c6ccccc6)c45)cc3)n2)cc1. The molecule has 0 unspecified atom stereocenters. The molecule has 0 radical (unpaired) electrons. The summed E-state index contributed by atoms with van der Waals surface area (Å²) in [5.41, 5.74) is 11.3. The van der Waals surface area contributed by atoms with Gasteiger partial charge in [0.25, 0.3) is 0 Å². The van der Waals surface area contributed by atoms with Crippen molar-refractivity contribution >= 4 is 43.9 Å². The Morgan fingerprint density at radius 3 is 1.68 bits per heavy atom. The van der Waals surface area contributed by atoms with E-state index in [0.717, 1.165) is 83.2 Å². The van der Waals surface area contributed by atoms with Crippen LogP contribution < -0.4 is 0 Å². The lowest BCUT2D eigenvalue weighted by molar-refractivity contribution is 0.655. The van der Waals surface area contributed by atoms with Gasteiger partial charge in [0, 0.05) is 44.1 Å². The molecule has 0 aliphatic heterocycles. The van der Waals surface area contributed by atoms with Gasteiger partial charge in [0.05, 0.1) is 33.5 Å². The van der Waals surface area contributed by atoms with Gasteiger partial charge in [-0.25, -0.2) is 15.0 Å². The van der Waals surface area contributed by atoms with E-state index in [1.54, 1.807) is 0 Å². The van der Waals surface area contributed by atoms with Crippen molar-refractivity contribution in [3.05, 3.63) is 170 Å². The molecule has 50 heavy (non-hydrogen) atoms. The lowest BCUT2D eigenvalue weighted by Gasteiger charge is -2.12. The average Bonchev–Trinajstić information content (AvgIpc) is 3.74. The van der Waals surface area contributed by atoms with Gasteiger partial charge in [-0.1, -0.05) is 140 Å². The molecule has 4 aromatic heterocycles. The molecule has 0 saturated carbocycles. The quantitative estimate of drug-likeness (QED) is 0.188. The fraction of sp³-hybridized carbons (Fsp3) is 0. The molecule has 5 heteroatoms. The van der Waals surface area contributed by atoms with Crippen molar-refractivity contribution in [1.82, 2.24) is 19.5 Å². The zero-order valence-electron chi connectivity index (χ0n) is 26.9. The third kappa shape index (κ3) is 4.52. The molecule has 0 aliphatic carbocycles. The molecule has 0 atom stereocenters. The third-order valence-electron chi connectivity index (χ3n) is 9.44. The maximum Gasteiger partial charge on any atom is 0.228 e. The molecule has 0 fully saturated rings. The lowest BCUT2D eigenvalue weighted by Crippen LogP contribution is -1.98. The highest BCUT2D eigenvalue weighted by atomic mass is 16.3. The first kappa shape index (κ1) is 28.2. The Hall–Kier alpha value is -6.85. The predicted octanol–water partition coefficient (Wildman–Crippen LogP) is 11.5. The number of rotatable bonds is 5. The van der Waals surface area contributed by atoms with Crippen molar-refractivity contribution in [3.8, 4) is 50.8 Å². The van der Waals surface area contributed by atoms with Crippen molar-refractivity contribution in [3.63, 3.8) is 0 Å². The molecular weight excluding hydrogens is 613 g/mol. The standard InChI is InChI=1S/C45H28N4O/c1-4-14-29(15-5-1)36-28-37(30-16-6-2-7-17-30)47-44(46-36)32-26-24-31(25-27-32)42-43-40(41-35-21-11-13-23-39(35)50-45(41)48-42)34-20-10-12-22-38(34)49(43)33-18-8-3-9-19-33/h1-28H. The maximum atomic E-state index is 6.45. The van der Waals surface area contributed by atoms with Crippen molar-refractivity contribution in [2.45, 2.75) is 0 Å². The summed E-state index contributed by atoms with van der Waals surface area (Å²) in [5, 5.41) is 4.37. The monoisotopic (exact) mass is 640 g/mol. The molecule has 0 bridgehead atoms. The summed E-state index contributed by atoms with van der Waals surface area (Å²) in [7, 11) is 0. The summed E-state index contributed by atoms with van der Waals surface area (Å²) in [5.74, 6) is 0.668. The molecule has 0 saturated heterocycles. The maximum absolute atomic E-state index is 6.45. The van der Waals surface area contributed by atoms with Crippen LogP contribution in [0, 0.1) is 0 Å². The van der Waals surface area contributed by atoms with Gasteiger partial charge in [0.1, 0.15) is 5.58 Å². The number of fused-ring (bicyclic) bond motifs is 7. The summed E-state index contributed by atoms with van der Waals surface area (Å²) >= 11 is 0. The fourth-order valence-corrected chi connectivity index (χ4v) is 7.14. The second kappa shape index (κ2) is 11.4. The zero-order valence-corrected chi connectivity index (χ0v) is 26.9. The minimum atomic E-state index is 0.625. The highest BCUT2D eigenvalue weighted by molar-refractivity contribution is 6.28. The number of hydrogen-bond donors (Lipinski definition) is 0. The van der Waals surface area contributed by atoms with E-state index in [1.165, 1.54) is 0 Å². The highest BCUT2D eigenvalue weighted by Gasteiger charge is 2.24. The Bertz CT molecular complexity index is 2780. The van der Waals surface area contributed by atoms with Crippen LogP contribution in [0.3, 0.4) is 0 Å². The van der Waals surface area contributed by atoms with Crippen LogP contribution in [0.4, 0.5) is 0 Å². The molecule has 10 rings (SSSR count). The van der Waals surface area contributed by atoms with Crippen LogP contribution >= 0.6 is 0 Å². The normalized spacial score (nSPS) is 11.6. The van der Waals surface area contributed by atoms with Crippen LogP contribution in [0.15, 0.2) is 174 Å². The summed E-state index contributed by atoms with van der Waals surface area (Å²) in [4.78, 5) is 15.4. The molecule has 0 aliphatic rings. The number of furan rings is 1. The van der Waals surface area contributed by atoms with Crippen LogP contribution in [-0.2, 0) is 0 Å². The van der Waals surface area contributed by atoms with E-state index in [1.807, 2.05) is 48.5 Å². The fourth-order valence-electron chi connectivity index (χ4n) is 7.14. The molecule has 0 amide bonds. The van der Waals surface area contributed by atoms with Crippen molar-refractivity contribution < 1.29 is 4.42 Å². The number of nitrogens with zero attached hydrogens (tertiary/aromatic N) is 4. The largest absolute Gasteiger partial charge is 0.438 e. The molecule has 0 N–H and O–H groups in total. The van der Waals surface area contributed by atoms with Gasteiger partial charge >= 0.3 is 0 Å². The third-order valence-corrected chi connectivity index (χ3v) is 9.44. The van der Waals surface area contributed by atoms with Gasteiger partial charge in [-0.2, -0.15) is 0 Å². The highest BCUT2D eigenvalue weighted by Crippen LogP contribution is 2.44. The van der Waals surface area contributed by atoms with Gasteiger partial charge in [0.15, 0.2) is 5.82 Å². The van der Waals surface area contributed by atoms with Gasteiger partial charge in [-0.3, -0.25) is 0 Å². The molecule has 234 valence electrons. The van der Waals surface area contributed by atoms with Crippen LogP contribution in [-0.4, -0.2) is 19.5 Å². The van der Waals surface area contributed by atoms with Gasteiger partial charge in [-0.05, 0) is 30.3 Å². The summed E-state index contributed by atoms with van der Waals surface area (Å²) in [6.45, 7) is 0. The van der Waals surface area contributed by atoms with Crippen LogP contribution in [0.2, 0.25) is 0 Å². The Balaban J connectivity index is 1.21. The van der Waals surface area contributed by atoms with E-state index >= 15 is 0 Å². The molecular formula is C45H28N4O. The molecule has 6 aromatic carbocycles. The second-order valence-corrected chi connectivity index (χ2v) is 12.4. The van der Waals surface area contributed by atoms with E-state index < -0.39 is 0 Å². The molecule has 10 aromatic rings. The number of aromatic nitrogens is 4. The smallest absolute Gasteiger partial charge is 0.228 e. The number of para-hydroxylation sites is 3. The Labute approximate surface area is 287 Å². The van der Waals surface area contributed by atoms with Gasteiger partial charge in [0.2, 0.25) is 5.71 Å². The average molecular weight is 641 g/mol. The first-order valence-electron chi connectivity index (χ1n) is 16.7. The second-order valence-electron chi connectivity index (χ2n) is 12.4. The van der Waals surface area contributed by atoms with Crippen molar-refractivity contribution in [2.24, 2.45) is 0 Å². The van der Waals surface area contributed by atoms with E-state index in [9.17, 15) is 0 Å². The summed E-state index contributed by atoms with van der Waals surface area (Å²) < 4.78 is 8.78. The topological polar surface area (TPSA) is 56.7 Å². The Morgan fingerprint density at radius 1 is 0.440 bits per heavy atom. The summed E-state index contributed by atoms with van der Waals surface area (Å²) in [6.07, 6.45) is 0. The first-order chi connectivity index (χ1) is 24.8. The van der Waals surface area contributed by atoms with Crippen LogP contribution in [0.5, 0.6) is 0 Å². The zero-order chi connectivity index (χ0) is 33.0. The Kier molecular flexibility index (Phi) is 6.42. The van der Waals surface area contributed by atoms with Crippen molar-refractivity contribution in [2.75, 3.05) is 0 Å². The number of benzene rings is 6. The predicted molar refractivity (Wildman–Crippen MR) is 203 cm³/mol. The van der Waals surface area contributed by atoms with E-state index in [0.29, 0.717) is 11.5 Å². The van der Waals surface area contributed by atoms with Crippen molar-refractivity contribution in [1.29, 1.82) is 0 Å². The van der Waals surface area contributed by atoms with E-state index in [2.05, 4.69) is 126 Å². The lowest BCUT2D eigenvalue weighted by atomic mass is 10.0. The van der Waals surface area contributed by atoms with E-state index in [4.69, 9.17) is 19.4 Å². The van der Waals surface area contributed by atoms with Crippen LogP contribution in [0.25, 0.3) is 94.7 Å². The van der Waals surface area contributed by atoms with Gasteiger partial charge in [-0.15, -0.1) is 0 Å². The first-order valence-corrected chi connectivity index (χ1v) is 16.7. The van der Waals surface area contributed by atoms with Crippen LogP contribution in [0.1, 0.15) is 0 Å². The molecule has 4 heterocycles. The van der Waals surface area contributed by atoms with E-state index in [-0.39, 0.29) is 0 Å². The molecule has 5 nitrogen and oxygen atoms in total. The minimum absolute atomic E-state index is 0.625. The van der Waals surface area contributed by atoms with Gasteiger partial charge < -0.3 is 8.98 Å². The molecule has 0 spiro atoms. The number of hydrogen-bond acceptors (Lipinski definition) is 4. The Morgan fingerprint density at radius 2 is 1.00 bits per heavy atom.